The third-order valence-electron chi connectivity index (χ3n) is 13.0. The number of carboxylic acids is 1. The van der Waals surface area contributed by atoms with Crippen LogP contribution in [0.2, 0.25) is 0 Å². The predicted molar refractivity (Wildman–Crippen MR) is 176 cm³/mol. The van der Waals surface area contributed by atoms with E-state index >= 15 is 0 Å². The normalized spacial score (nSPS) is 38.8. The molecule has 7 rings (SSSR count). The van der Waals surface area contributed by atoms with E-state index in [9.17, 15) is 35.0 Å². The molecule has 4 fully saturated rings. The predicted octanol–water partition coefficient (Wildman–Crippen LogP) is 4.06. The van der Waals surface area contributed by atoms with Crippen LogP contribution in [0.3, 0.4) is 0 Å². The monoisotopic (exact) mass is 677 g/mol. The van der Waals surface area contributed by atoms with Crippen molar-refractivity contribution in [3.05, 3.63) is 41.5 Å². The van der Waals surface area contributed by atoms with Crippen LogP contribution >= 0.6 is 0 Å². The number of carbonyl (C=O) groups is 3. The fraction of sp³-hybridized carbons (Fsp3) is 0.632. The number of rotatable bonds is 5. The lowest BCUT2D eigenvalue weighted by Gasteiger charge is -2.59. The van der Waals surface area contributed by atoms with Crippen LogP contribution in [0.5, 0.6) is 17.2 Å². The van der Waals surface area contributed by atoms with Crippen molar-refractivity contribution in [2.24, 2.45) is 34.5 Å². The Hall–Kier alpha value is -3.72. The molecular weight excluding hydrogens is 630 g/mol. The van der Waals surface area contributed by atoms with Gasteiger partial charge in [0.2, 0.25) is 5.75 Å². The SMILES string of the molecule is COc1ccc(C2(C#N)CCC(C(=O)O)CC2)c2c1OCCO2.C[C@]12C=CC(=O)C=C1CC[C@@H]1[C@@H]2[C@@H](O)C[C@@]2(C)[C@H]1CC[C@]2(O)C(=O)CO. The molecule has 11 nitrogen and oxygen atoms in total. The van der Waals surface area contributed by atoms with Gasteiger partial charge in [-0.2, -0.15) is 5.26 Å². The Morgan fingerprint density at radius 1 is 1.06 bits per heavy atom. The fourth-order valence-corrected chi connectivity index (χ4v) is 10.4. The van der Waals surface area contributed by atoms with Gasteiger partial charge in [-0.15, -0.1) is 0 Å². The molecule has 6 aliphatic rings. The first-order valence-electron chi connectivity index (χ1n) is 17.4. The molecule has 4 N–H and O–H groups in total. The number of nitriles is 1. The first-order chi connectivity index (χ1) is 23.3. The molecule has 1 aromatic carbocycles. The molecule has 4 saturated carbocycles. The molecule has 0 unspecified atom stereocenters. The summed E-state index contributed by atoms with van der Waals surface area (Å²) in [6.45, 7) is 4.20. The van der Waals surface area contributed by atoms with Gasteiger partial charge in [-0.25, -0.2) is 0 Å². The number of carbonyl (C=O) groups excluding carboxylic acids is 2. The first kappa shape index (κ1) is 35.1. The number of Topliss-reactive ketones (excluding diaryl/α,β-unsaturated/α-hetero) is 1. The topological polar surface area (TPSA) is 184 Å². The maximum absolute atomic E-state index is 12.4. The highest BCUT2D eigenvalue weighted by atomic mass is 16.6. The van der Waals surface area contributed by atoms with Crippen molar-refractivity contribution in [2.75, 3.05) is 26.9 Å². The van der Waals surface area contributed by atoms with Gasteiger partial charge in [0.15, 0.2) is 23.1 Å². The Morgan fingerprint density at radius 2 is 1.76 bits per heavy atom. The molecule has 0 amide bonds. The molecule has 0 aromatic heterocycles. The van der Waals surface area contributed by atoms with Gasteiger partial charge in [-0.3, -0.25) is 14.4 Å². The van der Waals surface area contributed by atoms with Crippen molar-refractivity contribution >= 4 is 17.5 Å². The van der Waals surface area contributed by atoms with Crippen molar-refractivity contribution < 1.29 is 49.0 Å². The maximum atomic E-state index is 12.4. The fourth-order valence-electron chi connectivity index (χ4n) is 10.4. The average Bonchev–Trinajstić information content (AvgIpc) is 3.38. The van der Waals surface area contributed by atoms with E-state index < -0.39 is 40.9 Å². The molecule has 5 aliphatic carbocycles. The zero-order chi connectivity index (χ0) is 35.4. The van der Waals surface area contributed by atoms with Gasteiger partial charge in [0, 0.05) is 22.3 Å². The van der Waals surface area contributed by atoms with Crippen LogP contribution in [0.1, 0.15) is 77.2 Å². The van der Waals surface area contributed by atoms with Crippen LogP contribution in [-0.4, -0.2) is 76.6 Å². The van der Waals surface area contributed by atoms with E-state index in [4.69, 9.17) is 19.3 Å². The quantitative estimate of drug-likeness (QED) is 0.353. The number of fused-ring (bicyclic) bond motifs is 6. The number of hydrogen-bond donors (Lipinski definition) is 4. The summed E-state index contributed by atoms with van der Waals surface area (Å²) >= 11 is 0. The van der Waals surface area contributed by atoms with E-state index in [1.54, 1.807) is 25.3 Å². The molecule has 0 spiro atoms. The Kier molecular flexibility index (Phi) is 9.22. The molecule has 49 heavy (non-hydrogen) atoms. The number of aliphatic carboxylic acids is 1. The van der Waals surface area contributed by atoms with Gasteiger partial charge >= 0.3 is 5.97 Å². The van der Waals surface area contributed by atoms with Gasteiger partial charge in [-0.05, 0) is 93.9 Å². The number of allylic oxidation sites excluding steroid dienone is 4. The van der Waals surface area contributed by atoms with Crippen LogP contribution < -0.4 is 14.2 Å². The molecule has 264 valence electrons. The second kappa shape index (κ2) is 12.9. The number of ketones is 2. The molecule has 1 heterocycles. The van der Waals surface area contributed by atoms with E-state index in [-0.39, 0.29) is 34.9 Å². The maximum Gasteiger partial charge on any atom is 0.306 e. The summed E-state index contributed by atoms with van der Waals surface area (Å²) in [6.07, 6.45) is 9.67. The first-order valence-corrected chi connectivity index (χ1v) is 17.4. The van der Waals surface area contributed by atoms with Gasteiger partial charge in [0.1, 0.15) is 25.4 Å². The van der Waals surface area contributed by atoms with Crippen LogP contribution in [0.4, 0.5) is 0 Å². The van der Waals surface area contributed by atoms with Crippen molar-refractivity contribution in [3.8, 4) is 23.3 Å². The molecular formula is C38H47NO10. The average molecular weight is 678 g/mol. The summed E-state index contributed by atoms with van der Waals surface area (Å²) in [4.78, 5) is 35.3. The molecule has 1 aromatic rings. The number of carboxylic acid groups (broad SMARTS) is 1. The summed E-state index contributed by atoms with van der Waals surface area (Å²) in [5.74, 6) is 0.291. The van der Waals surface area contributed by atoms with E-state index in [2.05, 4.69) is 13.0 Å². The van der Waals surface area contributed by atoms with E-state index in [1.165, 1.54) is 0 Å². The standard InChI is InChI=1S/C21H28O5.C17H19NO5/c1-19-7-5-13(23)9-12(19)3-4-14-15-6-8-21(26,17(25)11-22)20(15,2)10-16(24)18(14)19;1-21-13-3-2-12(14-15(13)23-9-8-22-14)17(10-18)6-4-11(5-7-17)16(19)20/h5,7,9,14-16,18,22,24,26H,3-4,6,8,10-11H2,1-2H3;2-3,11H,4-9H2,1H3,(H,19,20)/t14-,15-,16-,18+,19-,20-,21-;/m0./s1. The summed E-state index contributed by atoms with van der Waals surface area (Å²) in [7, 11) is 1.56. The minimum absolute atomic E-state index is 0.00912. The molecule has 0 bridgehead atoms. The minimum atomic E-state index is -1.56. The van der Waals surface area contributed by atoms with Crippen LogP contribution in [0.15, 0.2) is 35.9 Å². The Labute approximate surface area is 286 Å². The largest absolute Gasteiger partial charge is 0.493 e. The number of nitrogens with zero attached hydrogens (tertiary/aromatic N) is 1. The third-order valence-corrected chi connectivity index (χ3v) is 13.0. The van der Waals surface area contributed by atoms with Crippen molar-refractivity contribution in [2.45, 2.75) is 88.8 Å². The molecule has 7 atom stereocenters. The third kappa shape index (κ3) is 5.47. The lowest BCUT2D eigenvalue weighted by molar-refractivity contribution is -0.178. The molecule has 1 aliphatic heterocycles. The molecule has 11 heteroatoms. The summed E-state index contributed by atoms with van der Waals surface area (Å²) in [5.41, 5.74) is -1.50. The Bertz CT molecular complexity index is 1620. The highest BCUT2D eigenvalue weighted by molar-refractivity contribution is 6.01. The lowest BCUT2D eigenvalue weighted by Crippen LogP contribution is -2.61. The van der Waals surface area contributed by atoms with Crippen molar-refractivity contribution in [1.29, 1.82) is 5.26 Å². The van der Waals surface area contributed by atoms with Crippen molar-refractivity contribution in [3.63, 3.8) is 0 Å². The van der Waals surface area contributed by atoms with Crippen molar-refractivity contribution in [1.82, 2.24) is 0 Å². The number of methoxy groups -OCH3 is 1. The second-order valence-corrected chi connectivity index (χ2v) is 15.2. The van der Waals surface area contributed by atoms with Gasteiger partial charge < -0.3 is 34.6 Å². The van der Waals surface area contributed by atoms with Crippen LogP contribution in [0.25, 0.3) is 0 Å². The highest BCUT2D eigenvalue weighted by Crippen LogP contribution is 2.67. The van der Waals surface area contributed by atoms with Gasteiger partial charge in [-0.1, -0.05) is 25.5 Å². The number of ether oxygens (including phenoxy) is 3. The minimum Gasteiger partial charge on any atom is -0.493 e. The summed E-state index contributed by atoms with van der Waals surface area (Å²) in [5, 5.41) is 50.7. The smallest absolute Gasteiger partial charge is 0.306 e. The number of aliphatic hydroxyl groups excluding tert-OH is 2. The number of aliphatic hydroxyl groups is 3. The zero-order valence-corrected chi connectivity index (χ0v) is 28.4. The Balaban J connectivity index is 0.000000171. The highest BCUT2D eigenvalue weighted by Gasteiger charge is 2.68. The number of benzene rings is 1. The van der Waals surface area contributed by atoms with Crippen LogP contribution in [-0.2, 0) is 19.8 Å². The lowest BCUT2D eigenvalue weighted by atomic mass is 9.46. The Morgan fingerprint density at radius 3 is 2.39 bits per heavy atom. The number of hydrogen-bond acceptors (Lipinski definition) is 10. The van der Waals surface area contributed by atoms with Gasteiger partial charge in [0.05, 0.1) is 30.6 Å². The summed E-state index contributed by atoms with van der Waals surface area (Å²) in [6, 6.07) is 6.04. The summed E-state index contributed by atoms with van der Waals surface area (Å²) < 4.78 is 16.8. The zero-order valence-electron chi connectivity index (χ0n) is 28.4. The van der Waals surface area contributed by atoms with Gasteiger partial charge in [0.25, 0.3) is 0 Å². The van der Waals surface area contributed by atoms with E-state index in [0.717, 1.165) is 30.4 Å². The van der Waals surface area contributed by atoms with E-state index in [1.807, 2.05) is 19.1 Å². The second-order valence-electron chi connectivity index (χ2n) is 15.2. The molecule has 0 radical (unpaired) electrons. The molecule has 0 saturated heterocycles. The van der Waals surface area contributed by atoms with Crippen LogP contribution in [0, 0.1) is 45.8 Å². The van der Waals surface area contributed by atoms with E-state index in [0.29, 0.717) is 69.0 Å².